The number of fused-ring (bicyclic) bond motifs is 14. The molecule has 6 heterocycles. The van der Waals surface area contributed by atoms with E-state index in [0.29, 0.717) is 11.8 Å². The van der Waals surface area contributed by atoms with E-state index < -0.39 is 0 Å². The Labute approximate surface area is 763 Å². The van der Waals surface area contributed by atoms with Gasteiger partial charge >= 0.3 is 0 Å². The van der Waals surface area contributed by atoms with Gasteiger partial charge in [0.2, 0.25) is 5.78 Å². The van der Waals surface area contributed by atoms with Crippen LogP contribution in [0.2, 0.25) is 0 Å². The summed E-state index contributed by atoms with van der Waals surface area (Å²) in [7, 11) is 0. The first kappa shape index (κ1) is 81.3. The van der Waals surface area contributed by atoms with Crippen LogP contribution in [-0.2, 0) is 20.1 Å². The Morgan fingerprint density at radius 3 is 1.07 bits per heavy atom. The summed E-state index contributed by atoms with van der Waals surface area (Å²) >= 11 is 1.87. The third-order valence-corrected chi connectivity index (χ3v) is 25.9. The fraction of sp³-hybridized carbons (Fsp3) is 0.0588. The van der Waals surface area contributed by atoms with Gasteiger partial charge in [0, 0.05) is 97.0 Å². The number of para-hydroxylation sites is 8. The van der Waals surface area contributed by atoms with Crippen LogP contribution in [0.3, 0.4) is 0 Å². The number of imidazole rings is 3. The van der Waals surface area contributed by atoms with Crippen molar-refractivity contribution >= 4 is 103 Å². The predicted molar refractivity (Wildman–Crippen MR) is 538 cm³/mol. The molecule has 0 aliphatic carbocycles. The summed E-state index contributed by atoms with van der Waals surface area (Å²) in [6.45, 7) is 9.07. The summed E-state index contributed by atoms with van der Waals surface area (Å²) in [5.41, 5.74) is 34.3. The smallest absolute Gasteiger partial charge is 0.220 e. The molecule has 617 valence electrons. The Kier molecular flexibility index (Phi) is 22.1. The maximum Gasteiger partial charge on any atom is 0.220 e. The molecular formula is C119H90IrN7S-. The number of aromatic nitrogens is 7. The quantitative estimate of drug-likeness (QED) is 0.102. The van der Waals surface area contributed by atoms with Crippen LogP contribution in [0.25, 0.3) is 204 Å². The Bertz CT molecular complexity index is 7780. The molecule has 0 unspecified atom stereocenters. The fourth-order valence-electron chi connectivity index (χ4n) is 19.2. The zero-order valence-electron chi connectivity index (χ0n) is 70.6. The van der Waals surface area contributed by atoms with Gasteiger partial charge in [-0.2, -0.15) is 0 Å². The molecule has 0 amide bonds. The molecule has 128 heavy (non-hydrogen) atoms. The van der Waals surface area contributed by atoms with Crippen LogP contribution in [0.5, 0.6) is 0 Å². The second kappa shape index (κ2) is 34.8. The average molecular weight is 1840 g/mol. The first-order valence-corrected chi connectivity index (χ1v) is 44.2. The van der Waals surface area contributed by atoms with Crippen LogP contribution in [0.15, 0.2) is 437 Å². The molecule has 24 aromatic rings. The van der Waals surface area contributed by atoms with Crippen molar-refractivity contribution in [2.45, 2.75) is 47.0 Å². The summed E-state index contributed by atoms with van der Waals surface area (Å²) in [4.78, 5) is 9.92. The summed E-state index contributed by atoms with van der Waals surface area (Å²) in [5, 5.41) is 7.76. The molecule has 24 rings (SSSR count). The minimum Gasteiger partial charge on any atom is -0.340 e. The van der Waals surface area contributed by atoms with E-state index in [1.54, 1.807) is 0 Å². The maximum absolute atomic E-state index is 5.24. The van der Waals surface area contributed by atoms with E-state index >= 15 is 0 Å². The van der Waals surface area contributed by atoms with Crippen molar-refractivity contribution in [2.75, 3.05) is 0 Å². The molecule has 0 bridgehead atoms. The Balaban J connectivity index is 0.000000128. The second-order valence-corrected chi connectivity index (χ2v) is 34.1. The molecule has 0 aliphatic rings. The van der Waals surface area contributed by atoms with Crippen LogP contribution >= 0.6 is 11.3 Å². The summed E-state index contributed by atoms with van der Waals surface area (Å²) in [5.74, 6) is 2.60. The van der Waals surface area contributed by atoms with Gasteiger partial charge in [0.05, 0.1) is 50.0 Å². The van der Waals surface area contributed by atoms with Gasteiger partial charge in [-0.3, -0.25) is 14.0 Å². The molecule has 0 atom stereocenters. The SMILES string of the molecule is C.CC(C)c1cc(-c2ccccc2)cc(C(C)C)c1-n1ccnc1-c1[c-]cccc1.[Ir].c1ccc(-c2c(-c3ccccc3)c(-c3ccccc3)c(-c3cccc(-n4c5ccccc5n5c6ccccc6nc45)c3)c(-c3ccccc3)c2-c2ccccc2)cc1.c1ccc2c(c1)c1ccccc1n2-c1ccc2sc3ccc(-n4c5ccccc5c5ccccc54)cc3c2c1. The molecule has 0 aliphatic heterocycles. The van der Waals surface area contributed by atoms with Gasteiger partial charge in [0.1, 0.15) is 0 Å². The van der Waals surface area contributed by atoms with Crippen LogP contribution in [-0.4, -0.2) is 32.6 Å². The maximum atomic E-state index is 5.24. The summed E-state index contributed by atoms with van der Waals surface area (Å²) in [6, 6.07) is 156. The minimum atomic E-state index is 0. The van der Waals surface area contributed by atoms with Crippen molar-refractivity contribution in [2.24, 2.45) is 0 Å². The number of hydrogen-bond acceptors (Lipinski definition) is 3. The molecule has 9 heteroatoms. The molecule has 0 saturated heterocycles. The Hall–Kier alpha value is -15.1. The molecule has 18 aromatic carbocycles. The Morgan fingerprint density at radius 1 is 0.289 bits per heavy atom. The van der Waals surface area contributed by atoms with E-state index in [4.69, 9.17) is 4.98 Å². The van der Waals surface area contributed by atoms with E-state index in [2.05, 4.69) is 474 Å². The number of nitrogens with zero attached hydrogens (tertiary/aromatic N) is 7. The third-order valence-electron chi connectivity index (χ3n) is 24.8. The third kappa shape index (κ3) is 14.4. The van der Waals surface area contributed by atoms with Gasteiger partial charge < -0.3 is 13.7 Å². The fourth-order valence-corrected chi connectivity index (χ4v) is 20.3. The molecule has 6 aromatic heterocycles. The first-order valence-electron chi connectivity index (χ1n) is 43.4. The largest absolute Gasteiger partial charge is 0.340 e. The van der Waals surface area contributed by atoms with E-state index in [9.17, 15) is 0 Å². The zero-order chi connectivity index (χ0) is 84.3. The number of thiophene rings is 1. The van der Waals surface area contributed by atoms with Crippen molar-refractivity contribution in [1.29, 1.82) is 0 Å². The van der Waals surface area contributed by atoms with Crippen LogP contribution in [0.1, 0.15) is 58.1 Å². The van der Waals surface area contributed by atoms with E-state index in [0.717, 1.165) is 72.7 Å². The second-order valence-electron chi connectivity index (χ2n) is 33.0. The minimum absolute atomic E-state index is 0. The molecule has 1 radical (unpaired) electrons. The van der Waals surface area contributed by atoms with E-state index in [1.807, 2.05) is 35.7 Å². The van der Waals surface area contributed by atoms with Crippen molar-refractivity contribution < 1.29 is 20.1 Å². The Morgan fingerprint density at radius 2 is 0.648 bits per heavy atom. The number of rotatable bonds is 14. The number of benzene rings is 18. The van der Waals surface area contributed by atoms with Crippen molar-refractivity contribution in [1.82, 2.24) is 32.6 Å². The molecule has 0 saturated carbocycles. The molecule has 0 spiro atoms. The van der Waals surface area contributed by atoms with E-state index in [1.165, 1.54) is 142 Å². The molecule has 0 N–H and O–H groups in total. The summed E-state index contributed by atoms with van der Waals surface area (Å²) < 4.78 is 14.3. The van der Waals surface area contributed by atoms with E-state index in [-0.39, 0.29) is 27.5 Å². The zero-order valence-corrected chi connectivity index (χ0v) is 73.8. The number of hydrogen-bond donors (Lipinski definition) is 0. The molecule has 7 nitrogen and oxygen atoms in total. The van der Waals surface area contributed by atoms with Gasteiger partial charge in [-0.1, -0.05) is 326 Å². The monoisotopic (exact) mass is 1840 g/mol. The van der Waals surface area contributed by atoms with Gasteiger partial charge in [-0.25, -0.2) is 4.98 Å². The van der Waals surface area contributed by atoms with Crippen molar-refractivity contribution in [3.8, 4) is 112 Å². The van der Waals surface area contributed by atoms with Crippen molar-refractivity contribution in [3.63, 3.8) is 0 Å². The molecule has 0 fully saturated rings. The average Bonchev–Trinajstić information content (AvgIpc) is 1.71. The van der Waals surface area contributed by atoms with Gasteiger partial charge in [0.25, 0.3) is 0 Å². The standard InChI is InChI=1S/C55H37N3.C36H22N2S.C27H27N2.CH4.Ir/c1-6-21-38(22-7-1)49-50(39-23-8-2-9-24-39)52(41-27-12-4-13-28-41)54(53(42-29-14-5-15-30-42)51(49)40-25-10-3-11-26-40)43-31-20-32-44(37-43)57-47-35-18-19-36-48(47)58-46-34-17-16-33-45(46)56-55(57)58;1-5-13-31-25(9-1)26-10-2-6-14-32(26)37(31)23-17-19-35-29(21-23)30-22-24(18-20-36(30)39-35)38-33-15-7-3-11-27(33)28-12-4-8-16-34(28)38;1-19(2)24-17-23(21-11-7-5-8-12-21)18-25(20(3)4)26(24)29-16-15-28-27(29)22-13-9-6-10-14-22;;/h1-37H;1-22H;5-13,15-20H,1-4H3;1H4;/q;;-1;;. The van der Waals surface area contributed by atoms with Gasteiger partial charge in [-0.05, 0) is 210 Å². The molecular weight excluding hydrogens is 1750 g/mol. The normalized spacial score (nSPS) is 11.5. The van der Waals surface area contributed by atoms with Crippen LogP contribution < -0.4 is 0 Å². The summed E-state index contributed by atoms with van der Waals surface area (Å²) in [6.07, 6.45) is 3.96. The predicted octanol–water partition coefficient (Wildman–Crippen LogP) is 32.6. The van der Waals surface area contributed by atoms with Crippen LogP contribution in [0, 0.1) is 6.07 Å². The topological polar surface area (TPSA) is 49.9 Å². The van der Waals surface area contributed by atoms with Crippen molar-refractivity contribution in [3.05, 3.63) is 454 Å². The van der Waals surface area contributed by atoms with Gasteiger partial charge in [-0.15, -0.1) is 47.2 Å². The van der Waals surface area contributed by atoms with Crippen LogP contribution in [0.4, 0.5) is 0 Å². The van der Waals surface area contributed by atoms with Gasteiger partial charge in [0.15, 0.2) is 0 Å². The first-order chi connectivity index (χ1) is 62.2.